The highest BCUT2D eigenvalue weighted by Gasteiger charge is 2.43. The molecule has 0 saturated heterocycles. The molecule has 0 aromatic carbocycles. The van der Waals surface area contributed by atoms with Gasteiger partial charge in [0.2, 0.25) is 11.6 Å². The van der Waals surface area contributed by atoms with Crippen LogP contribution in [0.5, 0.6) is 0 Å². The van der Waals surface area contributed by atoms with Gasteiger partial charge in [-0.25, -0.2) is 22.8 Å². The van der Waals surface area contributed by atoms with Crippen LogP contribution in [-0.2, 0) is 0 Å². The van der Waals surface area contributed by atoms with Crippen LogP contribution >= 0.6 is 0 Å². The van der Waals surface area contributed by atoms with E-state index in [1.54, 1.807) is 0 Å². The summed E-state index contributed by atoms with van der Waals surface area (Å²) in [5.41, 5.74) is 0. The highest BCUT2D eigenvalue weighted by atomic mass is 19.2. The minimum absolute atomic E-state index is 0.000983. The molecule has 0 bridgehead atoms. The third kappa shape index (κ3) is 2.02. The average Bonchev–Trinajstić information content (AvgIpc) is 3.18. The highest BCUT2D eigenvalue weighted by molar-refractivity contribution is 5.95. The Kier molecular flexibility index (Phi) is 2.99. The lowest BCUT2D eigenvalue weighted by Gasteiger charge is -2.23. The van der Waals surface area contributed by atoms with E-state index in [9.17, 15) is 18.0 Å². The number of allylic oxidation sites excluding steroid dienone is 4. The van der Waals surface area contributed by atoms with Gasteiger partial charge in [0.25, 0.3) is 0 Å². The number of hydrogen-bond donors (Lipinski definition) is 0. The molecule has 7 heteroatoms. The van der Waals surface area contributed by atoms with Crippen molar-refractivity contribution in [2.75, 3.05) is 0 Å². The molecule has 22 heavy (non-hydrogen) atoms. The lowest BCUT2D eigenvalue weighted by molar-refractivity contribution is 0.0956. The molecule has 3 aliphatic rings. The zero-order chi connectivity index (χ0) is 15.4. The van der Waals surface area contributed by atoms with Gasteiger partial charge in [-0.2, -0.15) is 0 Å². The van der Waals surface area contributed by atoms with Crippen molar-refractivity contribution < 1.29 is 18.0 Å². The second-order valence-electron chi connectivity index (χ2n) is 6.09. The first-order valence-corrected chi connectivity index (χ1v) is 7.42. The summed E-state index contributed by atoms with van der Waals surface area (Å²) in [7, 11) is 0. The van der Waals surface area contributed by atoms with Gasteiger partial charge < -0.3 is 0 Å². The van der Waals surface area contributed by atoms with Crippen LogP contribution in [0.15, 0.2) is 23.8 Å². The average molecular weight is 309 g/mol. The summed E-state index contributed by atoms with van der Waals surface area (Å²) in [5.74, 6) is -2.79. The first-order valence-electron chi connectivity index (χ1n) is 7.42. The van der Waals surface area contributed by atoms with Gasteiger partial charge in [0.05, 0.1) is 6.04 Å². The maximum atomic E-state index is 14.2. The third-order valence-electron chi connectivity index (χ3n) is 4.54. The van der Waals surface area contributed by atoms with E-state index < -0.39 is 29.8 Å². The number of aromatic nitrogens is 3. The van der Waals surface area contributed by atoms with Crippen molar-refractivity contribution in [2.45, 2.75) is 37.9 Å². The fraction of sp³-hybridized carbons (Fsp3) is 0.533. The van der Waals surface area contributed by atoms with Gasteiger partial charge in [0.1, 0.15) is 5.83 Å². The Labute approximate surface area is 124 Å². The number of Topliss-reactive ketones (excluding diaryl/α,β-unsaturated/α-hetero) is 1. The molecule has 2 heterocycles. The van der Waals surface area contributed by atoms with Crippen LogP contribution < -0.4 is 0 Å². The minimum atomic E-state index is -1.40. The summed E-state index contributed by atoms with van der Waals surface area (Å²) in [5, 5.41) is 4.10. The van der Waals surface area contributed by atoms with Crippen molar-refractivity contribution in [3.8, 4) is 0 Å². The van der Waals surface area contributed by atoms with Crippen LogP contribution in [0.1, 0.15) is 54.3 Å². The largest absolute Gasteiger partial charge is 0.290 e. The molecular weight excluding hydrogens is 295 g/mol. The quantitative estimate of drug-likeness (QED) is 0.802. The van der Waals surface area contributed by atoms with Crippen LogP contribution in [0.4, 0.5) is 13.2 Å². The Hall–Kier alpha value is -1.92. The van der Waals surface area contributed by atoms with Crippen LogP contribution in [0.3, 0.4) is 0 Å². The van der Waals surface area contributed by atoms with Gasteiger partial charge >= 0.3 is 0 Å². The molecule has 0 radical (unpaired) electrons. The lowest BCUT2D eigenvalue weighted by Crippen LogP contribution is -2.20. The van der Waals surface area contributed by atoms with Gasteiger partial charge in [-0.1, -0.05) is 6.08 Å². The number of ketones is 1. The number of alkyl halides is 1. The third-order valence-corrected chi connectivity index (χ3v) is 4.54. The molecule has 1 unspecified atom stereocenters. The Bertz CT molecular complexity index is 705. The maximum absolute atomic E-state index is 14.2. The fourth-order valence-electron chi connectivity index (χ4n) is 3.18. The topological polar surface area (TPSA) is 47.8 Å². The molecule has 2 aliphatic carbocycles. The number of carbonyl (C=O) groups is 1. The van der Waals surface area contributed by atoms with Gasteiger partial charge in [0.15, 0.2) is 17.8 Å². The number of hydrogen-bond acceptors (Lipinski definition) is 3. The maximum Gasteiger partial charge on any atom is 0.217 e. The molecule has 0 N–H and O–H groups in total. The van der Waals surface area contributed by atoms with Gasteiger partial charge in [0, 0.05) is 18.3 Å². The summed E-state index contributed by atoms with van der Waals surface area (Å²) in [6, 6.07) is -0.644. The zero-order valence-electron chi connectivity index (χ0n) is 11.7. The van der Waals surface area contributed by atoms with Crippen molar-refractivity contribution in [3.63, 3.8) is 0 Å². The lowest BCUT2D eigenvalue weighted by atomic mass is 9.90. The van der Waals surface area contributed by atoms with E-state index in [-0.39, 0.29) is 36.2 Å². The molecule has 1 aromatic rings. The normalized spacial score (nSPS) is 30.8. The predicted octanol–water partition coefficient (Wildman–Crippen LogP) is 3.55. The van der Waals surface area contributed by atoms with Crippen LogP contribution in [-0.4, -0.2) is 20.5 Å². The second-order valence-corrected chi connectivity index (χ2v) is 6.09. The Morgan fingerprint density at radius 1 is 1.32 bits per heavy atom. The highest BCUT2D eigenvalue weighted by Crippen LogP contribution is 2.46. The Morgan fingerprint density at radius 3 is 2.82 bits per heavy atom. The van der Waals surface area contributed by atoms with Crippen molar-refractivity contribution in [1.82, 2.24) is 14.8 Å². The van der Waals surface area contributed by atoms with Crippen molar-refractivity contribution in [2.24, 2.45) is 11.8 Å². The Morgan fingerprint density at radius 2 is 2.09 bits per heavy atom. The summed E-state index contributed by atoms with van der Waals surface area (Å²) in [6.45, 7) is 0. The monoisotopic (exact) mass is 309 g/mol. The molecule has 0 amide bonds. The number of halogens is 3. The summed E-state index contributed by atoms with van der Waals surface area (Å²) in [4.78, 5) is 16.0. The first kappa shape index (κ1) is 13.7. The molecule has 0 spiro atoms. The Balaban J connectivity index is 1.68. The van der Waals surface area contributed by atoms with E-state index >= 15 is 0 Å². The van der Waals surface area contributed by atoms with Crippen LogP contribution in [0.2, 0.25) is 0 Å². The van der Waals surface area contributed by atoms with Crippen molar-refractivity contribution >= 4 is 5.78 Å². The van der Waals surface area contributed by atoms with Crippen molar-refractivity contribution in [3.05, 3.63) is 35.5 Å². The summed E-state index contributed by atoms with van der Waals surface area (Å²) < 4.78 is 42.9. The SMILES string of the molecule is O=C(c1nc2n(n1)[C@H](C1CC=CC(F)=C1F)C[C@@H]2F)C1CC1. The number of fused-ring (bicyclic) bond motifs is 1. The standard InChI is InChI=1S/C15H14F3N3O/c16-9-3-1-2-8(12(9)18)11-6-10(17)15-19-14(20-21(11)15)13(22)7-4-5-7/h1,3,7-8,10-11H,2,4-6H2/t8?,10-,11-/m0/s1. The molecule has 1 aliphatic heterocycles. The summed E-state index contributed by atoms with van der Waals surface area (Å²) >= 11 is 0. The molecule has 4 nitrogen and oxygen atoms in total. The molecule has 116 valence electrons. The molecule has 1 fully saturated rings. The van der Waals surface area contributed by atoms with Crippen molar-refractivity contribution in [1.29, 1.82) is 0 Å². The second kappa shape index (κ2) is 4.79. The number of rotatable bonds is 3. The van der Waals surface area contributed by atoms with Gasteiger partial charge in [-0.15, -0.1) is 5.10 Å². The van der Waals surface area contributed by atoms with E-state index in [1.807, 2.05) is 0 Å². The van der Waals surface area contributed by atoms with Gasteiger partial charge in [-0.3, -0.25) is 4.79 Å². The molecule has 4 rings (SSSR count). The molecule has 1 aromatic heterocycles. The number of nitrogens with zero attached hydrogens (tertiary/aromatic N) is 3. The fourth-order valence-corrected chi connectivity index (χ4v) is 3.18. The van der Waals surface area contributed by atoms with E-state index in [0.717, 1.165) is 18.9 Å². The van der Waals surface area contributed by atoms with Gasteiger partial charge in [-0.05, 0) is 25.3 Å². The first-order chi connectivity index (χ1) is 10.6. The van der Waals surface area contributed by atoms with E-state index in [1.165, 1.54) is 10.8 Å². The van der Waals surface area contributed by atoms with E-state index in [2.05, 4.69) is 10.1 Å². The van der Waals surface area contributed by atoms with Crippen LogP contribution in [0.25, 0.3) is 0 Å². The smallest absolute Gasteiger partial charge is 0.217 e. The zero-order valence-corrected chi connectivity index (χ0v) is 11.7. The van der Waals surface area contributed by atoms with E-state index in [0.29, 0.717) is 0 Å². The minimum Gasteiger partial charge on any atom is -0.290 e. The molecular formula is C15H14F3N3O. The number of carbonyl (C=O) groups excluding carboxylic acids is 1. The summed E-state index contributed by atoms with van der Waals surface area (Å²) in [6.07, 6.45) is 3.11. The van der Waals surface area contributed by atoms with E-state index in [4.69, 9.17) is 0 Å². The molecule has 1 saturated carbocycles. The predicted molar refractivity (Wildman–Crippen MR) is 71.1 cm³/mol. The van der Waals surface area contributed by atoms with Crippen LogP contribution in [0, 0.1) is 11.8 Å². The molecule has 3 atom stereocenters.